The summed E-state index contributed by atoms with van der Waals surface area (Å²) in [6.07, 6.45) is 21.1. The molecule has 2 atom stereocenters. The molecule has 6 saturated carbocycles. The van der Waals surface area contributed by atoms with E-state index in [0.29, 0.717) is 72.1 Å². The van der Waals surface area contributed by atoms with Crippen LogP contribution in [0.1, 0.15) is 157 Å². The minimum Gasteiger partial charge on any atom is 2.00 e. The van der Waals surface area contributed by atoms with E-state index in [0.717, 1.165) is 155 Å². The second kappa shape index (κ2) is 58.0. The molecule has 0 saturated heterocycles. The third-order valence-corrected chi connectivity index (χ3v) is 18.3. The number of Topliss-reactive ketones (excluding diaryl/α,β-unsaturated/α-hetero) is 3. The van der Waals surface area contributed by atoms with Gasteiger partial charge in [0.05, 0.1) is 63.4 Å². The van der Waals surface area contributed by atoms with E-state index in [2.05, 4.69) is 109 Å². The Morgan fingerprint density at radius 2 is 1.02 bits per heavy atom. The molecule has 0 bridgehead atoms. The number of hydrogen-bond donors (Lipinski definition) is 5. The maximum Gasteiger partial charge on any atom is 2.00 e. The number of hydroxylamine groups is 3. The number of amides is 1. The van der Waals surface area contributed by atoms with Crippen LogP contribution in [0.15, 0.2) is 132 Å². The number of carboxylic acid groups (broad SMARTS) is 1. The number of aliphatic carboxylic acids is 1. The fourth-order valence-electron chi connectivity index (χ4n) is 9.88. The van der Waals surface area contributed by atoms with E-state index >= 15 is 0 Å². The Kier molecular flexibility index (Phi) is 52.1. The molecule has 4 aromatic carbocycles. The van der Waals surface area contributed by atoms with E-state index in [1.54, 1.807) is 67.3 Å². The fraction of sp³-hybridized carbons (Fsp3) is 0.407. The molecule has 6 aliphatic carbocycles. The summed E-state index contributed by atoms with van der Waals surface area (Å²) in [5.41, 5.74) is 17.8. The molecule has 121 heavy (non-hydrogen) atoms. The number of carboxylic acids is 1. The number of halogens is 11. The molecule has 0 aliphatic heterocycles. The number of nitrogens with one attached hydrogen (secondary N) is 1. The van der Waals surface area contributed by atoms with Crippen LogP contribution in [0.25, 0.3) is 11.4 Å². The Morgan fingerprint density at radius 1 is 0.645 bits per heavy atom. The number of benzene rings is 4. The number of aryl methyl sites for hydroxylation is 2. The number of pyridine rings is 2. The Hall–Kier alpha value is -8.25. The van der Waals surface area contributed by atoms with Crippen LogP contribution in [0.4, 0.5) is 35.1 Å². The maximum atomic E-state index is 13.5. The number of nitrogens with zero attached hydrogens (tertiary/aromatic N) is 10. The molecule has 8 aromatic rings. The Balaban J connectivity index is 0.000000486. The van der Waals surface area contributed by atoms with E-state index in [9.17, 15) is 59.1 Å². The summed E-state index contributed by atoms with van der Waals surface area (Å²) < 4.78 is 116. The second-order valence-corrected chi connectivity index (χ2v) is 29.6. The number of hydrogen-bond acceptors (Lipinski definition) is 20. The van der Waals surface area contributed by atoms with Crippen molar-refractivity contribution in [3.05, 3.63) is 214 Å². The zero-order valence-electron chi connectivity index (χ0n) is 67.6. The van der Waals surface area contributed by atoms with Gasteiger partial charge in [0.15, 0.2) is 29.3 Å². The van der Waals surface area contributed by atoms with Crippen molar-refractivity contribution in [1.82, 2.24) is 39.6 Å². The van der Waals surface area contributed by atoms with Crippen LogP contribution in [0.2, 0.25) is 0 Å². The van der Waals surface area contributed by atoms with E-state index in [1.807, 2.05) is 32.9 Å². The first kappa shape index (κ1) is 109. The molecule has 0 radical (unpaired) electrons. The third kappa shape index (κ3) is 43.1. The average molecular weight is 1980 g/mol. The fourth-order valence-corrected chi connectivity index (χ4v) is 10.7. The monoisotopic (exact) mass is 1980 g/mol. The largest absolute Gasteiger partial charge is 2.00 e. The maximum absolute atomic E-state index is 13.5. The molecule has 25 nitrogen and oxygen atoms in total. The van der Waals surface area contributed by atoms with Gasteiger partial charge in [-0.25, -0.2) is 56.8 Å². The molecule has 6 fully saturated rings. The van der Waals surface area contributed by atoms with Crippen molar-refractivity contribution < 1.29 is 125 Å². The number of imidazole rings is 2. The summed E-state index contributed by atoms with van der Waals surface area (Å²) >= 11 is 14.1. The zero-order valence-corrected chi connectivity index (χ0v) is 76.4. The number of nitrogens with two attached hydrogens (primary N) is 2. The molecule has 4 heterocycles. The predicted octanol–water partition coefficient (Wildman–Crippen LogP) is 13.1. The Morgan fingerprint density at radius 3 is 1.34 bits per heavy atom. The number of carbonyl (C=O) groups is 5. The molecule has 0 spiro atoms. The van der Waals surface area contributed by atoms with Crippen LogP contribution in [-0.2, 0) is 50.1 Å². The normalized spacial score (nSPS) is 14.2. The van der Waals surface area contributed by atoms with Crippen LogP contribution >= 0.6 is 37.4 Å². The Bertz CT molecular complexity index is 4620. The predicted molar refractivity (Wildman–Crippen MR) is 442 cm³/mol. The van der Waals surface area contributed by atoms with Crippen molar-refractivity contribution in [2.75, 3.05) is 49.2 Å². The van der Waals surface area contributed by atoms with Crippen molar-refractivity contribution >= 4 is 113 Å². The first-order valence-corrected chi connectivity index (χ1v) is 42.4. The summed E-state index contributed by atoms with van der Waals surface area (Å²) in [5.74, 6) is -4.04. The number of nitriles is 1. The van der Waals surface area contributed by atoms with Gasteiger partial charge in [-0.3, -0.25) is 37.6 Å². The number of oxime groups is 2. The second-order valence-electron chi connectivity index (χ2n) is 27.2. The molecular weight excluding hydrogens is 1890 g/mol. The molecule has 7 N–H and O–H groups in total. The Labute approximate surface area is 754 Å². The number of alkyl halides is 1. The van der Waals surface area contributed by atoms with E-state index in [-0.39, 0.29) is 102 Å². The number of methoxy groups -OCH3 is 2. The molecule has 14 rings (SSSR count). The number of ketones is 3. The minimum atomic E-state index is -0.996. The standard InChI is InChI=1S/C22H21F2N5O3.C11H9BrF2O.C11H10F2O.C11H13N5O2.C7H13NO2.C6H3F2.C5H7N.C5H8O2.C2H7NO.CH3PS.2BrH.Cu.Mg/c1-12-10-29(11-26-12)18-6-5-17(27-22(18)31-2)21(25)28-32-20(13-3-4-13)19(30)14-7-15(23)9-16(24)8-14;12-10(6-1-2-6)11(15)7-3-8(13)5-9(14)4-7;12-9-4-8(5-10(13)6-9)11(14)3-7-1-2-7;1-7-5-16(6-13-7)9-4-3-8(10(12)15-17)14-11(9)18-2;1-8(10-2)7(9)5-6-3-4-6;7-5-2-1-3-6(8)4-5;6-4-3-5-1-2-5;6-5(7)3-4-1-2-4;1-3-4-2;1-2-3;;;;/h5-11,13,20H,3-4H2,1-2H3,(H2,25,28);3-6,10H,1-2H2;4-7H,1-3H2;3-6,17H,1-2H3,(H2,12,15);6H,3-5H2,1-2H3;2-4H;5H,1-3H2;4H,1-3H2,(H,6,7);3H,1-2H3;1H3;2*1H;;/q;;;;;-1;;;;;;;+1;+2/p-2. The summed E-state index contributed by atoms with van der Waals surface area (Å²) in [6.45, 7) is 5.67. The number of ether oxygens (including phenoxy) is 2. The van der Waals surface area contributed by atoms with Crippen LogP contribution in [0, 0.1) is 113 Å². The molecule has 1 amide bonds. The van der Waals surface area contributed by atoms with Gasteiger partial charge in [-0.1, -0.05) is 38.0 Å². The number of rotatable bonds is 24. The van der Waals surface area contributed by atoms with Gasteiger partial charge in [-0.2, -0.15) is 11.3 Å². The topological polar surface area (TPSA) is 349 Å². The molecule has 656 valence electrons. The van der Waals surface area contributed by atoms with Gasteiger partial charge in [-0.05, 0) is 195 Å². The number of aromatic nitrogens is 6. The van der Waals surface area contributed by atoms with Crippen LogP contribution in [-0.4, -0.2) is 169 Å². The third-order valence-electron chi connectivity index (χ3n) is 17.1. The summed E-state index contributed by atoms with van der Waals surface area (Å²) in [7, 11) is 10.4. The van der Waals surface area contributed by atoms with Gasteiger partial charge in [-0.15, -0.1) is 18.2 Å². The van der Waals surface area contributed by atoms with Gasteiger partial charge in [0.1, 0.15) is 57.7 Å². The van der Waals surface area contributed by atoms with E-state index < -0.39 is 64.4 Å². The van der Waals surface area contributed by atoms with Crippen molar-refractivity contribution in [2.45, 2.75) is 128 Å². The van der Waals surface area contributed by atoms with Crippen LogP contribution in [0.3, 0.4) is 0 Å². The zero-order chi connectivity index (χ0) is 88.4. The van der Waals surface area contributed by atoms with E-state index in [1.165, 1.54) is 52.1 Å². The van der Waals surface area contributed by atoms with Crippen molar-refractivity contribution in [2.24, 2.45) is 57.3 Å². The van der Waals surface area contributed by atoms with Gasteiger partial charge in [0.2, 0.25) is 23.5 Å². The molecular formula is C81H94Br3CuF8MgN13O12PS. The average Bonchev–Trinajstić information content (AvgIpc) is 1.76. The van der Waals surface area contributed by atoms with Gasteiger partial charge < -0.3 is 67.0 Å². The van der Waals surface area contributed by atoms with Crippen LogP contribution < -0.4 is 43.4 Å². The smallest absolute Gasteiger partial charge is 2.00 e. The molecule has 4 aromatic heterocycles. The van der Waals surface area contributed by atoms with Crippen molar-refractivity contribution in [3.63, 3.8) is 0 Å². The van der Waals surface area contributed by atoms with E-state index in [4.69, 9.17) is 46.2 Å². The SMILES string of the molecule is CNOC.CON(C)C(=O)CC1CC1.COc1nc(/C(N)=N/O)ccc1-n1cnc(C)c1.COc1nc(/C(N)=N/OC(C(=O)c2cc(F)cc(F)c2)C2CC2)ccc1-n1cnc(C)c1.CP=S.Fc1c[c-]cc(F)c1.N#CCC1CC1.O=C(CC1CC1)c1cc(F)cc(F)c1.O=C(O)CC1CC1.O=C(c1cc(F)cc(F)c1)C(Br)C1CC1.[Br-].[Cu][Br].[Mg+2]. The molecule has 40 heteroatoms. The summed E-state index contributed by atoms with van der Waals surface area (Å²) in [5, 5.41) is 32.8. The summed E-state index contributed by atoms with van der Waals surface area (Å²) in [4.78, 5) is 87.8. The minimum absolute atomic E-state index is 0. The van der Waals surface area contributed by atoms with Crippen molar-refractivity contribution in [3.8, 4) is 29.2 Å². The molecule has 2 unspecified atom stereocenters. The first-order chi connectivity index (χ1) is 56.8. The first-order valence-electron chi connectivity index (χ1n) is 36.8. The quantitative estimate of drug-likeness (QED) is 0.00358. The summed E-state index contributed by atoms with van der Waals surface area (Å²) in [6, 6.07) is 22.6. The van der Waals surface area contributed by atoms with Crippen molar-refractivity contribution in [1.29, 1.82) is 5.26 Å². The van der Waals surface area contributed by atoms with Gasteiger partial charge >= 0.3 is 57.3 Å². The van der Waals surface area contributed by atoms with Crippen LogP contribution in [0.5, 0.6) is 11.8 Å². The number of amidine groups is 2. The van der Waals surface area contributed by atoms with Gasteiger partial charge in [0, 0.05) is 105 Å². The molecule has 6 aliphatic rings. The van der Waals surface area contributed by atoms with Gasteiger partial charge in [0.25, 0.3) is 0 Å². The number of carbonyl (C=O) groups excluding carboxylic acids is 4.